The van der Waals surface area contributed by atoms with E-state index in [0.717, 1.165) is 17.0 Å². The number of hydrogen-bond donors (Lipinski definition) is 1. The highest BCUT2D eigenvalue weighted by molar-refractivity contribution is 7.89. The van der Waals surface area contributed by atoms with E-state index in [0.29, 0.717) is 24.2 Å². The lowest BCUT2D eigenvalue weighted by Crippen LogP contribution is -2.34. The average molecular weight is 374 g/mol. The van der Waals surface area contributed by atoms with Crippen LogP contribution in [0.4, 0.5) is 0 Å². The van der Waals surface area contributed by atoms with Gasteiger partial charge in [-0.3, -0.25) is 0 Å². The van der Waals surface area contributed by atoms with Gasteiger partial charge in [0.05, 0.1) is 16.9 Å². The molecule has 0 aliphatic carbocycles. The van der Waals surface area contributed by atoms with Gasteiger partial charge in [-0.1, -0.05) is 24.2 Å². The van der Waals surface area contributed by atoms with Gasteiger partial charge in [-0.05, 0) is 44.0 Å². The molecule has 2 aromatic heterocycles. The minimum absolute atomic E-state index is 0.262. The number of benzene rings is 1. The molecule has 6 nitrogen and oxygen atoms in total. The van der Waals surface area contributed by atoms with E-state index in [1.165, 1.54) is 0 Å². The second-order valence-corrected chi connectivity index (χ2v) is 8.00. The molecule has 0 radical (unpaired) electrons. The summed E-state index contributed by atoms with van der Waals surface area (Å²) >= 11 is 0. The van der Waals surface area contributed by atoms with Crippen molar-refractivity contribution >= 4 is 10.0 Å². The number of nitrogens with zero attached hydrogens (tertiary/aromatic N) is 1. The van der Waals surface area contributed by atoms with Crippen molar-refractivity contribution in [1.29, 1.82) is 0 Å². The molecule has 0 saturated heterocycles. The van der Waals surface area contributed by atoms with Gasteiger partial charge in [0.25, 0.3) is 0 Å². The molecule has 0 spiro atoms. The van der Waals surface area contributed by atoms with Crippen LogP contribution in [0.3, 0.4) is 0 Å². The quantitative estimate of drug-likeness (QED) is 0.681. The zero-order chi connectivity index (χ0) is 18.7. The second kappa shape index (κ2) is 7.47. The second-order valence-electron chi connectivity index (χ2n) is 6.31. The molecule has 0 amide bonds. The fraction of sp³-hybridized carbons (Fsp3) is 0.316. The molecule has 26 heavy (non-hydrogen) atoms. The van der Waals surface area contributed by atoms with E-state index < -0.39 is 10.0 Å². The first kappa shape index (κ1) is 18.4. The van der Waals surface area contributed by atoms with Crippen molar-refractivity contribution in [1.82, 2.24) is 9.88 Å². The molecule has 3 aromatic rings. The normalized spacial score (nSPS) is 13.0. The first-order valence-corrected chi connectivity index (χ1v) is 9.98. The Bertz CT molecular complexity index is 975. The molecule has 3 rings (SSSR count). The smallest absolute Gasteiger partial charge is 0.241 e. The summed E-state index contributed by atoms with van der Waals surface area (Å²) in [6, 6.07) is 10.4. The molecule has 0 aliphatic heterocycles. The Balaban J connectivity index is 1.89. The van der Waals surface area contributed by atoms with Crippen LogP contribution in [0.1, 0.15) is 30.9 Å². The third kappa shape index (κ3) is 4.05. The lowest BCUT2D eigenvalue weighted by atomic mass is 10.1. The molecule has 0 saturated carbocycles. The Labute approximate surface area is 153 Å². The highest BCUT2D eigenvalue weighted by Crippen LogP contribution is 2.26. The van der Waals surface area contributed by atoms with Gasteiger partial charge in [0.1, 0.15) is 5.76 Å². The maximum Gasteiger partial charge on any atom is 0.241 e. The summed E-state index contributed by atoms with van der Waals surface area (Å²) in [5.74, 6) is 1.28. The molecule has 0 bridgehead atoms. The fourth-order valence-electron chi connectivity index (χ4n) is 2.85. The molecule has 1 atom stereocenters. The van der Waals surface area contributed by atoms with Crippen LogP contribution >= 0.6 is 0 Å². The summed E-state index contributed by atoms with van der Waals surface area (Å²) in [6.07, 6.45) is 2.67. The molecule has 0 unspecified atom stereocenters. The number of furan rings is 1. The van der Waals surface area contributed by atoms with Crippen molar-refractivity contribution in [3.8, 4) is 11.3 Å². The lowest BCUT2D eigenvalue weighted by molar-refractivity contribution is 0.427. The Hall–Kier alpha value is -2.38. The fourth-order valence-corrected chi connectivity index (χ4v) is 4.43. The van der Waals surface area contributed by atoms with Crippen LogP contribution in [-0.4, -0.2) is 19.6 Å². The average Bonchev–Trinajstić information content (AvgIpc) is 3.25. The molecule has 0 fully saturated rings. The summed E-state index contributed by atoms with van der Waals surface area (Å²) in [5.41, 5.74) is 2.18. The van der Waals surface area contributed by atoms with Gasteiger partial charge in [0, 0.05) is 24.1 Å². The summed E-state index contributed by atoms with van der Waals surface area (Å²) in [5, 5.41) is 3.87. The van der Waals surface area contributed by atoms with Crippen molar-refractivity contribution in [3.63, 3.8) is 0 Å². The maximum atomic E-state index is 13.0. The van der Waals surface area contributed by atoms with E-state index in [1.54, 1.807) is 24.5 Å². The number of aryl methyl sites for hydroxylation is 2. The molecule has 0 aliphatic rings. The number of aromatic nitrogens is 1. The van der Waals surface area contributed by atoms with E-state index in [4.69, 9.17) is 8.94 Å². The molecule has 138 valence electrons. The summed E-state index contributed by atoms with van der Waals surface area (Å²) in [7, 11) is -3.68. The Morgan fingerprint density at radius 2 is 2.04 bits per heavy atom. The SMILES string of the molecule is CCc1ccc(-c2cc(C)no2)cc1S(=O)(=O)N[C@@H](C)Cc1ccco1. The van der Waals surface area contributed by atoms with Crippen LogP contribution in [0.5, 0.6) is 0 Å². The first-order chi connectivity index (χ1) is 12.4. The van der Waals surface area contributed by atoms with Gasteiger partial charge in [0.2, 0.25) is 10.0 Å². The van der Waals surface area contributed by atoms with Gasteiger partial charge >= 0.3 is 0 Å². The van der Waals surface area contributed by atoms with Crippen molar-refractivity contribution in [3.05, 3.63) is 59.7 Å². The van der Waals surface area contributed by atoms with E-state index in [1.807, 2.05) is 39.0 Å². The van der Waals surface area contributed by atoms with Crippen LogP contribution in [-0.2, 0) is 22.9 Å². The number of nitrogens with one attached hydrogen (secondary N) is 1. The lowest BCUT2D eigenvalue weighted by Gasteiger charge is -2.16. The predicted molar refractivity (Wildman–Crippen MR) is 98.2 cm³/mol. The highest BCUT2D eigenvalue weighted by Gasteiger charge is 2.22. The van der Waals surface area contributed by atoms with E-state index >= 15 is 0 Å². The van der Waals surface area contributed by atoms with Gasteiger partial charge < -0.3 is 8.94 Å². The number of hydrogen-bond acceptors (Lipinski definition) is 5. The first-order valence-electron chi connectivity index (χ1n) is 8.50. The standard InChI is InChI=1S/C19H22N2O4S/c1-4-15-7-8-16(18-11-13(2)20-25-18)12-19(15)26(22,23)21-14(3)10-17-6-5-9-24-17/h5-9,11-12,14,21H,4,10H2,1-3H3/t14-/m0/s1. The zero-order valence-corrected chi connectivity index (χ0v) is 15.8. The molecule has 7 heteroatoms. The van der Waals surface area contributed by atoms with Crippen LogP contribution < -0.4 is 4.72 Å². The zero-order valence-electron chi connectivity index (χ0n) is 15.0. The maximum absolute atomic E-state index is 13.0. The van der Waals surface area contributed by atoms with Gasteiger partial charge in [-0.2, -0.15) is 0 Å². The van der Waals surface area contributed by atoms with Crippen molar-refractivity contribution in [2.45, 2.75) is 44.6 Å². The molecular formula is C19H22N2O4S. The Morgan fingerprint density at radius 1 is 1.23 bits per heavy atom. The summed E-state index contributed by atoms with van der Waals surface area (Å²) in [6.45, 7) is 5.57. The Morgan fingerprint density at radius 3 is 2.65 bits per heavy atom. The van der Waals surface area contributed by atoms with Crippen molar-refractivity contribution in [2.24, 2.45) is 0 Å². The minimum Gasteiger partial charge on any atom is -0.469 e. The topological polar surface area (TPSA) is 85.3 Å². The van der Waals surface area contributed by atoms with E-state index in [2.05, 4.69) is 9.88 Å². The van der Waals surface area contributed by atoms with Crippen LogP contribution in [0.2, 0.25) is 0 Å². The highest BCUT2D eigenvalue weighted by atomic mass is 32.2. The number of sulfonamides is 1. The molecule has 1 N–H and O–H groups in total. The van der Waals surface area contributed by atoms with Crippen LogP contribution in [0.15, 0.2) is 56.5 Å². The third-order valence-electron chi connectivity index (χ3n) is 4.09. The minimum atomic E-state index is -3.68. The third-order valence-corrected chi connectivity index (χ3v) is 5.77. The van der Waals surface area contributed by atoms with Gasteiger partial charge in [-0.25, -0.2) is 13.1 Å². The molecule has 2 heterocycles. The van der Waals surface area contributed by atoms with E-state index in [-0.39, 0.29) is 10.9 Å². The predicted octanol–water partition coefficient (Wildman–Crippen LogP) is 3.71. The van der Waals surface area contributed by atoms with Crippen LogP contribution in [0.25, 0.3) is 11.3 Å². The van der Waals surface area contributed by atoms with Crippen molar-refractivity contribution in [2.75, 3.05) is 0 Å². The van der Waals surface area contributed by atoms with E-state index in [9.17, 15) is 8.42 Å². The van der Waals surface area contributed by atoms with Crippen LogP contribution in [0, 0.1) is 6.92 Å². The summed E-state index contributed by atoms with van der Waals surface area (Å²) < 4.78 is 39.2. The molecule has 1 aromatic carbocycles. The van der Waals surface area contributed by atoms with Crippen molar-refractivity contribution < 1.29 is 17.4 Å². The van der Waals surface area contributed by atoms with Gasteiger partial charge in [0.15, 0.2) is 5.76 Å². The van der Waals surface area contributed by atoms with Gasteiger partial charge in [-0.15, -0.1) is 0 Å². The molecular weight excluding hydrogens is 352 g/mol. The Kier molecular flexibility index (Phi) is 5.29. The largest absolute Gasteiger partial charge is 0.469 e. The summed E-state index contributed by atoms with van der Waals surface area (Å²) in [4.78, 5) is 0.262. The number of rotatable bonds is 7. The monoisotopic (exact) mass is 374 g/mol.